The number of hydrogen-bond acceptors (Lipinski definition) is 3. The van der Waals surface area contributed by atoms with E-state index in [9.17, 15) is 13.6 Å². The molecule has 4 nitrogen and oxygen atoms in total. The fourth-order valence-corrected chi connectivity index (χ4v) is 3.45. The third kappa shape index (κ3) is 5.29. The van der Waals surface area contributed by atoms with E-state index in [1.54, 1.807) is 0 Å². The SMILES string of the molecule is Cc1cccc(N2CCN(CC[C@@H](C)NC(=O)c3ccc(F)c(F)c3)CC2)c1. The van der Waals surface area contributed by atoms with Gasteiger partial charge in [0.2, 0.25) is 0 Å². The number of carbonyl (C=O) groups is 1. The van der Waals surface area contributed by atoms with Crippen molar-refractivity contribution in [3.05, 3.63) is 65.2 Å². The molecule has 1 heterocycles. The summed E-state index contributed by atoms with van der Waals surface area (Å²) in [4.78, 5) is 17.0. The fraction of sp³-hybridized carbons (Fsp3) is 0.409. The standard InChI is InChI=1S/C22H27F2N3O/c1-16-4-3-5-19(14-16)27-12-10-26(11-13-27)9-8-17(2)25-22(28)18-6-7-20(23)21(24)15-18/h3-7,14-15,17H,8-13H2,1-2H3,(H,25,28)/t17-/m1/s1. The van der Waals surface area contributed by atoms with Crippen LogP contribution in [0.2, 0.25) is 0 Å². The van der Waals surface area contributed by atoms with Crippen molar-refractivity contribution in [2.45, 2.75) is 26.3 Å². The number of benzene rings is 2. The number of halogens is 2. The molecule has 0 spiro atoms. The van der Waals surface area contributed by atoms with Gasteiger partial charge in [0.15, 0.2) is 11.6 Å². The Labute approximate surface area is 165 Å². The van der Waals surface area contributed by atoms with Gasteiger partial charge in [-0.15, -0.1) is 0 Å². The second-order valence-corrected chi connectivity index (χ2v) is 7.46. The second kappa shape index (κ2) is 9.15. The highest BCUT2D eigenvalue weighted by Gasteiger charge is 2.18. The van der Waals surface area contributed by atoms with Crippen LogP contribution in [-0.2, 0) is 0 Å². The molecule has 1 N–H and O–H groups in total. The van der Waals surface area contributed by atoms with E-state index < -0.39 is 11.6 Å². The molecule has 1 aliphatic heterocycles. The second-order valence-electron chi connectivity index (χ2n) is 7.46. The molecule has 2 aromatic rings. The summed E-state index contributed by atoms with van der Waals surface area (Å²) in [7, 11) is 0. The van der Waals surface area contributed by atoms with E-state index >= 15 is 0 Å². The van der Waals surface area contributed by atoms with Crippen LogP contribution >= 0.6 is 0 Å². The Morgan fingerprint density at radius 2 is 1.82 bits per heavy atom. The summed E-state index contributed by atoms with van der Waals surface area (Å²) in [5, 5.41) is 2.86. The molecule has 2 aromatic carbocycles. The highest BCUT2D eigenvalue weighted by molar-refractivity contribution is 5.94. The summed E-state index contributed by atoms with van der Waals surface area (Å²) < 4.78 is 26.3. The highest BCUT2D eigenvalue weighted by atomic mass is 19.2. The smallest absolute Gasteiger partial charge is 0.251 e. The number of aryl methyl sites for hydroxylation is 1. The summed E-state index contributed by atoms with van der Waals surface area (Å²) in [6.45, 7) is 8.87. The van der Waals surface area contributed by atoms with Gasteiger partial charge in [0.1, 0.15) is 0 Å². The number of amides is 1. The first-order valence-electron chi connectivity index (χ1n) is 9.72. The van der Waals surface area contributed by atoms with E-state index in [0.29, 0.717) is 0 Å². The molecule has 1 fully saturated rings. The third-order valence-electron chi connectivity index (χ3n) is 5.18. The number of anilines is 1. The zero-order valence-electron chi connectivity index (χ0n) is 16.4. The lowest BCUT2D eigenvalue weighted by molar-refractivity contribution is 0.0934. The van der Waals surface area contributed by atoms with E-state index in [1.165, 1.54) is 17.3 Å². The van der Waals surface area contributed by atoms with Crippen molar-refractivity contribution in [3.63, 3.8) is 0 Å². The minimum atomic E-state index is -1.01. The first kappa shape index (κ1) is 20.3. The van der Waals surface area contributed by atoms with Crippen molar-refractivity contribution >= 4 is 11.6 Å². The van der Waals surface area contributed by atoms with E-state index in [-0.39, 0.29) is 17.5 Å². The largest absolute Gasteiger partial charge is 0.369 e. The topological polar surface area (TPSA) is 35.6 Å². The van der Waals surface area contributed by atoms with E-state index in [1.807, 2.05) is 6.92 Å². The van der Waals surface area contributed by atoms with Crippen LogP contribution in [0.25, 0.3) is 0 Å². The van der Waals surface area contributed by atoms with Crippen molar-refractivity contribution in [1.29, 1.82) is 0 Å². The molecule has 0 saturated carbocycles. The van der Waals surface area contributed by atoms with Gasteiger partial charge in [0.25, 0.3) is 5.91 Å². The molecule has 0 radical (unpaired) electrons. The zero-order valence-corrected chi connectivity index (χ0v) is 16.4. The number of carbonyl (C=O) groups excluding carboxylic acids is 1. The van der Waals surface area contributed by atoms with Crippen LogP contribution in [0.5, 0.6) is 0 Å². The number of rotatable bonds is 6. The van der Waals surface area contributed by atoms with Crippen LogP contribution in [0.1, 0.15) is 29.3 Å². The fourth-order valence-electron chi connectivity index (χ4n) is 3.45. The molecule has 0 bridgehead atoms. The first-order chi connectivity index (χ1) is 13.4. The average Bonchev–Trinajstić information content (AvgIpc) is 2.69. The molecule has 150 valence electrons. The number of nitrogens with one attached hydrogen (secondary N) is 1. The van der Waals surface area contributed by atoms with Crippen molar-refractivity contribution in [2.75, 3.05) is 37.6 Å². The first-order valence-corrected chi connectivity index (χ1v) is 9.72. The van der Waals surface area contributed by atoms with E-state index in [0.717, 1.165) is 51.3 Å². The summed E-state index contributed by atoms with van der Waals surface area (Å²) >= 11 is 0. The summed E-state index contributed by atoms with van der Waals surface area (Å²) in [5.41, 5.74) is 2.68. The Balaban J connectivity index is 1.42. The minimum absolute atomic E-state index is 0.0459. The van der Waals surface area contributed by atoms with Gasteiger partial charge in [-0.2, -0.15) is 0 Å². The molecule has 6 heteroatoms. The van der Waals surface area contributed by atoms with E-state index in [4.69, 9.17) is 0 Å². The lowest BCUT2D eigenvalue weighted by Crippen LogP contribution is -2.47. The van der Waals surface area contributed by atoms with Gasteiger partial charge >= 0.3 is 0 Å². The normalized spacial score (nSPS) is 16.1. The average molecular weight is 387 g/mol. The molecule has 3 rings (SSSR count). The van der Waals surface area contributed by atoms with Crippen molar-refractivity contribution < 1.29 is 13.6 Å². The van der Waals surface area contributed by atoms with Crippen LogP contribution in [-0.4, -0.2) is 49.6 Å². The lowest BCUT2D eigenvalue weighted by atomic mass is 10.1. The predicted molar refractivity (Wildman–Crippen MR) is 108 cm³/mol. The predicted octanol–water partition coefficient (Wildman–Crippen LogP) is 3.60. The molecule has 1 atom stereocenters. The Hall–Kier alpha value is -2.47. The summed E-state index contributed by atoms with van der Waals surface area (Å²) in [6, 6.07) is 11.7. The number of nitrogens with zero attached hydrogens (tertiary/aromatic N) is 2. The quantitative estimate of drug-likeness (QED) is 0.823. The minimum Gasteiger partial charge on any atom is -0.369 e. The molecule has 0 aliphatic carbocycles. The molecule has 0 unspecified atom stereocenters. The van der Waals surface area contributed by atoms with Gasteiger partial charge in [-0.3, -0.25) is 9.69 Å². The molecule has 1 amide bonds. The van der Waals surface area contributed by atoms with Crippen molar-refractivity contribution in [2.24, 2.45) is 0 Å². The van der Waals surface area contributed by atoms with Gasteiger partial charge in [0, 0.05) is 50.0 Å². The lowest BCUT2D eigenvalue weighted by Gasteiger charge is -2.36. The Kier molecular flexibility index (Phi) is 6.62. The van der Waals surface area contributed by atoms with Crippen LogP contribution < -0.4 is 10.2 Å². The maximum Gasteiger partial charge on any atom is 0.251 e. The molecule has 28 heavy (non-hydrogen) atoms. The zero-order chi connectivity index (χ0) is 20.1. The van der Waals surface area contributed by atoms with Crippen LogP contribution in [0.3, 0.4) is 0 Å². The van der Waals surface area contributed by atoms with Crippen LogP contribution in [0.15, 0.2) is 42.5 Å². The van der Waals surface area contributed by atoms with Gasteiger partial charge in [0.05, 0.1) is 0 Å². The molecule has 1 aliphatic rings. The Morgan fingerprint density at radius 3 is 2.50 bits per heavy atom. The molecular weight excluding hydrogens is 360 g/mol. The molecule has 1 saturated heterocycles. The summed E-state index contributed by atoms with van der Waals surface area (Å²) in [6.07, 6.45) is 0.805. The van der Waals surface area contributed by atoms with Gasteiger partial charge in [-0.1, -0.05) is 12.1 Å². The monoisotopic (exact) mass is 387 g/mol. The van der Waals surface area contributed by atoms with Crippen LogP contribution in [0, 0.1) is 18.6 Å². The van der Waals surface area contributed by atoms with Gasteiger partial charge in [-0.25, -0.2) is 8.78 Å². The molecular formula is C22H27F2N3O. The van der Waals surface area contributed by atoms with E-state index in [2.05, 4.69) is 46.3 Å². The summed E-state index contributed by atoms with van der Waals surface area (Å²) in [5.74, 6) is -2.34. The Bertz CT molecular complexity index is 819. The maximum absolute atomic E-state index is 13.3. The maximum atomic E-state index is 13.3. The Morgan fingerprint density at radius 1 is 1.07 bits per heavy atom. The van der Waals surface area contributed by atoms with Gasteiger partial charge in [-0.05, 0) is 56.2 Å². The highest BCUT2D eigenvalue weighted by Crippen LogP contribution is 2.18. The van der Waals surface area contributed by atoms with Crippen molar-refractivity contribution in [1.82, 2.24) is 10.2 Å². The van der Waals surface area contributed by atoms with Crippen molar-refractivity contribution in [3.8, 4) is 0 Å². The molecule has 0 aromatic heterocycles. The van der Waals surface area contributed by atoms with Crippen LogP contribution in [0.4, 0.5) is 14.5 Å². The third-order valence-corrected chi connectivity index (χ3v) is 5.18. The number of piperazine rings is 1. The number of hydrogen-bond donors (Lipinski definition) is 1. The van der Waals surface area contributed by atoms with Gasteiger partial charge < -0.3 is 10.2 Å².